The molecular weight excluding hydrogens is 446 g/mol. The predicted octanol–water partition coefficient (Wildman–Crippen LogP) is 1.25. The van der Waals surface area contributed by atoms with Crippen molar-refractivity contribution in [1.29, 1.82) is 0 Å². The van der Waals surface area contributed by atoms with E-state index in [1.807, 2.05) is 0 Å². The first-order valence-electron chi connectivity index (χ1n) is 10.4. The Bertz CT molecular complexity index is 1270. The van der Waals surface area contributed by atoms with Crippen LogP contribution in [0.2, 0.25) is 0 Å². The van der Waals surface area contributed by atoms with Gasteiger partial charge in [-0.2, -0.15) is 9.10 Å². The fraction of sp³-hybridized carbons (Fsp3) is 0.286. The standard InChI is InChI=1S/C21H23N7O4S/c22-19(29)14-28-25-20(24-26-28)17-6-2-3-7-18(17)23-21(30)15-8-10-16(11-9-15)33(31,32)27-12-4-1-5-13-27/h2-3,6-11H,1,4-5,12-14H2,(H2,22,29)(H,23,30). The molecule has 3 aromatic rings. The van der Waals surface area contributed by atoms with Crippen molar-refractivity contribution in [2.45, 2.75) is 30.7 Å². The number of amides is 2. The molecule has 33 heavy (non-hydrogen) atoms. The number of aromatic nitrogens is 4. The molecule has 4 rings (SSSR count). The molecule has 2 aromatic carbocycles. The minimum atomic E-state index is -3.57. The van der Waals surface area contributed by atoms with Gasteiger partial charge in [-0.1, -0.05) is 18.6 Å². The minimum absolute atomic E-state index is 0.164. The minimum Gasteiger partial charge on any atom is -0.368 e. The molecule has 0 radical (unpaired) electrons. The number of rotatable bonds is 7. The Labute approximate surface area is 190 Å². The molecule has 1 saturated heterocycles. The zero-order valence-electron chi connectivity index (χ0n) is 17.7. The number of hydrogen-bond acceptors (Lipinski definition) is 7. The Morgan fingerprint density at radius 2 is 1.70 bits per heavy atom. The lowest BCUT2D eigenvalue weighted by atomic mass is 10.1. The zero-order chi connectivity index (χ0) is 23.4. The highest BCUT2D eigenvalue weighted by molar-refractivity contribution is 7.89. The number of primary amides is 1. The topological polar surface area (TPSA) is 153 Å². The summed E-state index contributed by atoms with van der Waals surface area (Å²) in [6.07, 6.45) is 2.73. The Morgan fingerprint density at radius 3 is 2.39 bits per heavy atom. The molecule has 0 aliphatic carbocycles. The molecule has 0 unspecified atom stereocenters. The maximum Gasteiger partial charge on any atom is 0.255 e. The monoisotopic (exact) mass is 469 g/mol. The Balaban J connectivity index is 1.51. The van der Waals surface area contributed by atoms with Crippen LogP contribution in [-0.2, 0) is 21.4 Å². The number of carbonyl (C=O) groups is 2. The van der Waals surface area contributed by atoms with Gasteiger partial charge >= 0.3 is 0 Å². The number of tetrazole rings is 1. The molecule has 0 bridgehead atoms. The summed E-state index contributed by atoms with van der Waals surface area (Å²) in [4.78, 5) is 25.1. The fourth-order valence-electron chi connectivity index (χ4n) is 3.57. The van der Waals surface area contributed by atoms with Gasteiger partial charge in [-0.25, -0.2) is 8.42 Å². The summed E-state index contributed by atoms with van der Waals surface area (Å²) >= 11 is 0. The highest BCUT2D eigenvalue weighted by Crippen LogP contribution is 2.25. The number of anilines is 1. The SMILES string of the molecule is NC(=O)Cn1nnc(-c2ccccc2NC(=O)c2ccc(S(=O)(=O)N3CCCCC3)cc2)n1. The molecule has 2 amide bonds. The summed E-state index contributed by atoms with van der Waals surface area (Å²) < 4.78 is 27.1. The van der Waals surface area contributed by atoms with Gasteiger partial charge in [0.15, 0.2) is 0 Å². The van der Waals surface area contributed by atoms with Crippen molar-refractivity contribution in [2.24, 2.45) is 5.73 Å². The maximum absolute atomic E-state index is 12.8. The van der Waals surface area contributed by atoms with Crippen LogP contribution in [0.3, 0.4) is 0 Å². The first-order valence-corrected chi connectivity index (χ1v) is 11.9. The summed E-state index contributed by atoms with van der Waals surface area (Å²) in [6.45, 7) is 0.813. The zero-order valence-corrected chi connectivity index (χ0v) is 18.5. The molecule has 3 N–H and O–H groups in total. The van der Waals surface area contributed by atoms with Crippen molar-refractivity contribution >= 4 is 27.5 Å². The van der Waals surface area contributed by atoms with Gasteiger partial charge in [0.2, 0.25) is 21.8 Å². The van der Waals surface area contributed by atoms with E-state index in [2.05, 4.69) is 20.7 Å². The van der Waals surface area contributed by atoms with Gasteiger partial charge in [0.25, 0.3) is 5.91 Å². The summed E-state index contributed by atoms with van der Waals surface area (Å²) in [5.41, 5.74) is 6.39. The molecular formula is C21H23N7O4S. The molecule has 1 fully saturated rings. The third-order valence-corrected chi connectivity index (χ3v) is 7.15. The molecule has 0 spiro atoms. The van der Waals surface area contributed by atoms with Gasteiger partial charge in [-0.05, 0) is 54.5 Å². The molecule has 1 aliphatic rings. The molecule has 12 heteroatoms. The van der Waals surface area contributed by atoms with Gasteiger partial charge in [-0.15, -0.1) is 10.2 Å². The van der Waals surface area contributed by atoms with Gasteiger partial charge in [0.05, 0.1) is 10.6 Å². The first kappa shape index (κ1) is 22.6. The number of sulfonamides is 1. The van der Waals surface area contributed by atoms with Gasteiger partial charge < -0.3 is 11.1 Å². The number of para-hydroxylation sites is 1. The highest BCUT2D eigenvalue weighted by atomic mass is 32.2. The molecule has 0 saturated carbocycles. The Morgan fingerprint density at radius 1 is 1.00 bits per heavy atom. The second kappa shape index (κ2) is 9.46. The van der Waals surface area contributed by atoms with Gasteiger partial charge in [0.1, 0.15) is 6.54 Å². The maximum atomic E-state index is 12.8. The average Bonchev–Trinajstić information content (AvgIpc) is 3.27. The second-order valence-corrected chi connectivity index (χ2v) is 9.54. The second-order valence-electron chi connectivity index (χ2n) is 7.60. The summed E-state index contributed by atoms with van der Waals surface area (Å²) in [7, 11) is -3.57. The number of nitrogens with two attached hydrogens (primary N) is 1. The third-order valence-electron chi connectivity index (χ3n) is 5.24. The van der Waals surface area contributed by atoms with Crippen LogP contribution in [-0.4, -0.2) is 57.8 Å². The summed E-state index contributed by atoms with van der Waals surface area (Å²) in [5, 5.41) is 14.6. The molecule has 0 atom stereocenters. The van der Waals surface area contributed by atoms with Crippen molar-refractivity contribution in [3.8, 4) is 11.4 Å². The normalized spacial score (nSPS) is 14.7. The third kappa shape index (κ3) is 5.07. The van der Waals surface area contributed by atoms with Crippen LogP contribution < -0.4 is 11.1 Å². The Hall–Kier alpha value is -3.64. The van der Waals surface area contributed by atoms with Crippen LogP contribution in [0.1, 0.15) is 29.6 Å². The lowest BCUT2D eigenvalue weighted by molar-refractivity contribution is -0.118. The largest absolute Gasteiger partial charge is 0.368 e. The number of nitrogens with zero attached hydrogens (tertiary/aromatic N) is 5. The van der Waals surface area contributed by atoms with E-state index >= 15 is 0 Å². The lowest BCUT2D eigenvalue weighted by Crippen LogP contribution is -2.35. The van der Waals surface area contributed by atoms with Gasteiger partial charge in [-0.3, -0.25) is 9.59 Å². The van der Waals surface area contributed by atoms with E-state index in [1.165, 1.54) is 28.6 Å². The van der Waals surface area contributed by atoms with E-state index in [0.29, 0.717) is 29.9 Å². The molecule has 172 valence electrons. The van der Waals surface area contributed by atoms with Crippen molar-refractivity contribution in [3.05, 3.63) is 54.1 Å². The van der Waals surface area contributed by atoms with Gasteiger partial charge in [0, 0.05) is 24.2 Å². The molecule has 11 nitrogen and oxygen atoms in total. The van der Waals surface area contributed by atoms with E-state index in [9.17, 15) is 18.0 Å². The fourth-order valence-corrected chi connectivity index (χ4v) is 5.09. The predicted molar refractivity (Wildman–Crippen MR) is 119 cm³/mol. The van der Waals surface area contributed by atoms with Crippen molar-refractivity contribution in [3.63, 3.8) is 0 Å². The smallest absolute Gasteiger partial charge is 0.255 e. The van der Waals surface area contributed by atoms with E-state index in [1.54, 1.807) is 24.3 Å². The number of nitrogens with one attached hydrogen (secondary N) is 1. The number of carbonyl (C=O) groups excluding carboxylic acids is 2. The van der Waals surface area contributed by atoms with E-state index in [-0.39, 0.29) is 17.3 Å². The number of benzene rings is 2. The quantitative estimate of drug-likeness (QED) is 0.528. The first-order chi connectivity index (χ1) is 15.8. The van der Waals surface area contributed by atoms with Crippen LogP contribution in [0, 0.1) is 0 Å². The number of hydrogen-bond donors (Lipinski definition) is 2. The van der Waals surface area contributed by atoms with Crippen LogP contribution in [0.25, 0.3) is 11.4 Å². The van der Waals surface area contributed by atoms with E-state index in [4.69, 9.17) is 5.73 Å². The average molecular weight is 470 g/mol. The summed E-state index contributed by atoms with van der Waals surface area (Å²) in [6, 6.07) is 12.7. The molecule has 2 heterocycles. The van der Waals surface area contributed by atoms with Crippen LogP contribution in [0.4, 0.5) is 5.69 Å². The highest BCUT2D eigenvalue weighted by Gasteiger charge is 2.26. The number of piperidine rings is 1. The van der Waals surface area contributed by atoms with Crippen molar-refractivity contribution in [2.75, 3.05) is 18.4 Å². The molecule has 1 aromatic heterocycles. The lowest BCUT2D eigenvalue weighted by Gasteiger charge is -2.25. The Kier molecular flexibility index (Phi) is 6.47. The van der Waals surface area contributed by atoms with Crippen LogP contribution in [0.15, 0.2) is 53.4 Å². The van der Waals surface area contributed by atoms with Crippen LogP contribution >= 0.6 is 0 Å². The van der Waals surface area contributed by atoms with Crippen LogP contribution in [0.5, 0.6) is 0 Å². The molecule has 1 aliphatic heterocycles. The van der Waals surface area contributed by atoms with Crippen molar-refractivity contribution in [1.82, 2.24) is 24.5 Å². The van der Waals surface area contributed by atoms with E-state index in [0.717, 1.165) is 24.1 Å². The summed E-state index contributed by atoms with van der Waals surface area (Å²) in [5.74, 6) is -0.810. The van der Waals surface area contributed by atoms with E-state index < -0.39 is 21.8 Å². The van der Waals surface area contributed by atoms with Crippen molar-refractivity contribution < 1.29 is 18.0 Å².